The van der Waals surface area contributed by atoms with Crippen molar-refractivity contribution in [2.45, 2.75) is 18.8 Å². The molecule has 6 nitrogen and oxygen atoms in total. The van der Waals surface area contributed by atoms with Gasteiger partial charge in [0, 0.05) is 5.92 Å². The van der Waals surface area contributed by atoms with Crippen molar-refractivity contribution in [3.05, 3.63) is 5.82 Å². The van der Waals surface area contributed by atoms with Crippen LogP contribution in [0, 0.1) is 0 Å². The van der Waals surface area contributed by atoms with Crippen LogP contribution in [0.4, 0.5) is 11.8 Å². The molecule has 1 saturated carbocycles. The lowest BCUT2D eigenvalue weighted by Crippen LogP contribution is -1.99. The van der Waals surface area contributed by atoms with Crippen LogP contribution in [0.5, 0.6) is 0 Å². The largest absolute Gasteiger partial charge is 0.382 e. The minimum atomic E-state index is 0.181. The number of H-pyrrole nitrogens is 1. The van der Waals surface area contributed by atoms with Crippen LogP contribution in [0.2, 0.25) is 0 Å². The third-order valence-electron chi connectivity index (χ3n) is 2.37. The Morgan fingerprint density at radius 3 is 2.64 bits per heavy atom. The fourth-order valence-corrected chi connectivity index (χ4v) is 1.51. The van der Waals surface area contributed by atoms with E-state index in [-0.39, 0.29) is 5.95 Å². The van der Waals surface area contributed by atoms with Crippen LogP contribution in [0.15, 0.2) is 0 Å². The molecular weight excluding hydrogens is 180 g/mol. The monoisotopic (exact) mass is 190 g/mol. The number of imidazole rings is 1. The molecule has 0 atom stereocenters. The van der Waals surface area contributed by atoms with Gasteiger partial charge in [-0.3, -0.25) is 0 Å². The van der Waals surface area contributed by atoms with Gasteiger partial charge in [0.1, 0.15) is 5.82 Å². The van der Waals surface area contributed by atoms with Crippen LogP contribution >= 0.6 is 0 Å². The van der Waals surface area contributed by atoms with E-state index in [2.05, 4.69) is 19.9 Å². The van der Waals surface area contributed by atoms with Crippen molar-refractivity contribution < 1.29 is 0 Å². The predicted octanol–water partition coefficient (Wildman–Crippen LogP) is 0.395. The highest BCUT2D eigenvalue weighted by atomic mass is 15.1. The Balaban J connectivity index is 2.26. The van der Waals surface area contributed by atoms with Crippen LogP contribution in [-0.4, -0.2) is 19.9 Å². The number of hydrogen-bond donors (Lipinski definition) is 3. The van der Waals surface area contributed by atoms with Crippen LogP contribution < -0.4 is 11.5 Å². The lowest BCUT2D eigenvalue weighted by atomic mass is 10.4. The van der Waals surface area contributed by atoms with Gasteiger partial charge in [-0.2, -0.15) is 9.97 Å². The molecule has 0 bridgehead atoms. The van der Waals surface area contributed by atoms with Gasteiger partial charge >= 0.3 is 0 Å². The molecule has 0 radical (unpaired) electrons. The molecule has 1 aliphatic carbocycles. The molecule has 2 aromatic rings. The van der Waals surface area contributed by atoms with E-state index < -0.39 is 0 Å². The van der Waals surface area contributed by atoms with Gasteiger partial charge in [-0.1, -0.05) is 0 Å². The average molecular weight is 190 g/mol. The normalized spacial score (nSPS) is 16.3. The molecule has 0 aliphatic heterocycles. The zero-order valence-corrected chi connectivity index (χ0v) is 7.49. The highest BCUT2D eigenvalue weighted by Crippen LogP contribution is 2.39. The highest BCUT2D eigenvalue weighted by Gasteiger charge is 2.27. The Labute approximate surface area is 79.7 Å². The molecule has 72 valence electrons. The van der Waals surface area contributed by atoms with Gasteiger partial charge in [-0.05, 0) is 12.8 Å². The maximum atomic E-state index is 5.68. The lowest BCUT2D eigenvalue weighted by molar-refractivity contribution is 0.984. The van der Waals surface area contributed by atoms with E-state index in [1.54, 1.807) is 0 Å². The second-order valence-electron chi connectivity index (χ2n) is 3.56. The predicted molar refractivity (Wildman–Crippen MR) is 52.5 cm³/mol. The molecule has 2 aromatic heterocycles. The van der Waals surface area contributed by atoms with Crippen molar-refractivity contribution in [2.24, 2.45) is 0 Å². The number of aromatic nitrogens is 4. The second-order valence-corrected chi connectivity index (χ2v) is 3.56. The van der Waals surface area contributed by atoms with Gasteiger partial charge in [0.15, 0.2) is 17.0 Å². The van der Waals surface area contributed by atoms with Crippen LogP contribution in [0.3, 0.4) is 0 Å². The molecule has 1 aliphatic rings. The van der Waals surface area contributed by atoms with Crippen LogP contribution in [-0.2, 0) is 0 Å². The molecule has 0 aromatic carbocycles. The number of anilines is 2. The quantitative estimate of drug-likeness (QED) is 0.603. The minimum absolute atomic E-state index is 0.181. The fraction of sp³-hybridized carbons (Fsp3) is 0.375. The van der Waals surface area contributed by atoms with Gasteiger partial charge in [0.25, 0.3) is 0 Å². The molecule has 2 heterocycles. The molecule has 1 fully saturated rings. The molecule has 0 amide bonds. The van der Waals surface area contributed by atoms with Crippen molar-refractivity contribution in [1.29, 1.82) is 0 Å². The first-order chi connectivity index (χ1) is 6.74. The number of nitrogen functional groups attached to an aromatic ring is 2. The summed E-state index contributed by atoms with van der Waals surface area (Å²) in [6.07, 6.45) is 2.37. The van der Waals surface area contributed by atoms with Crippen LogP contribution in [0.25, 0.3) is 11.2 Å². The summed E-state index contributed by atoms with van der Waals surface area (Å²) >= 11 is 0. The molecule has 5 N–H and O–H groups in total. The standard InChI is InChI=1S/C8H10N6/c9-5-4-7(14-8(10)12-5)13-6(11-4)3-1-2-3/h3H,1-2H2,(H5,9,10,11,12,13,14). The molecule has 0 spiro atoms. The Kier molecular flexibility index (Phi) is 1.26. The summed E-state index contributed by atoms with van der Waals surface area (Å²) in [4.78, 5) is 15.4. The maximum Gasteiger partial charge on any atom is 0.224 e. The van der Waals surface area contributed by atoms with Crippen molar-refractivity contribution in [2.75, 3.05) is 11.5 Å². The van der Waals surface area contributed by atoms with E-state index >= 15 is 0 Å². The van der Waals surface area contributed by atoms with E-state index in [1.807, 2.05) is 0 Å². The first-order valence-electron chi connectivity index (χ1n) is 4.52. The number of aromatic amines is 1. The maximum absolute atomic E-state index is 5.68. The van der Waals surface area contributed by atoms with Gasteiger partial charge in [0.2, 0.25) is 5.95 Å². The highest BCUT2D eigenvalue weighted by molar-refractivity contribution is 5.82. The number of rotatable bonds is 1. The first-order valence-corrected chi connectivity index (χ1v) is 4.52. The topological polar surface area (TPSA) is 106 Å². The number of nitrogens with two attached hydrogens (primary N) is 2. The van der Waals surface area contributed by atoms with E-state index in [4.69, 9.17) is 11.5 Å². The summed E-state index contributed by atoms with van der Waals surface area (Å²) < 4.78 is 0. The zero-order chi connectivity index (χ0) is 9.71. The lowest BCUT2D eigenvalue weighted by Gasteiger charge is -1.93. The van der Waals surface area contributed by atoms with Gasteiger partial charge in [0.05, 0.1) is 0 Å². The van der Waals surface area contributed by atoms with E-state index in [0.717, 1.165) is 5.82 Å². The van der Waals surface area contributed by atoms with E-state index in [9.17, 15) is 0 Å². The number of hydrogen-bond acceptors (Lipinski definition) is 5. The van der Waals surface area contributed by atoms with Crippen LogP contribution in [0.1, 0.15) is 24.6 Å². The Morgan fingerprint density at radius 1 is 1.14 bits per heavy atom. The average Bonchev–Trinajstić information content (AvgIpc) is 2.87. The smallest absolute Gasteiger partial charge is 0.224 e. The van der Waals surface area contributed by atoms with E-state index in [0.29, 0.717) is 22.9 Å². The summed E-state index contributed by atoms with van der Waals surface area (Å²) in [5.74, 6) is 2.02. The zero-order valence-electron chi connectivity index (χ0n) is 7.49. The van der Waals surface area contributed by atoms with Crippen molar-refractivity contribution in [3.8, 4) is 0 Å². The summed E-state index contributed by atoms with van der Waals surface area (Å²) in [6, 6.07) is 0. The Hall–Kier alpha value is -1.85. The summed E-state index contributed by atoms with van der Waals surface area (Å²) in [5, 5.41) is 0. The molecule has 14 heavy (non-hydrogen) atoms. The minimum Gasteiger partial charge on any atom is -0.382 e. The SMILES string of the molecule is Nc1nc(N)c2nc(C3CC3)[nH]c2n1. The summed E-state index contributed by atoms with van der Waals surface area (Å²) in [6.45, 7) is 0. The van der Waals surface area contributed by atoms with Gasteiger partial charge in [-0.15, -0.1) is 0 Å². The van der Waals surface area contributed by atoms with Crippen molar-refractivity contribution in [1.82, 2.24) is 19.9 Å². The van der Waals surface area contributed by atoms with Gasteiger partial charge in [-0.25, -0.2) is 4.98 Å². The number of nitrogens with one attached hydrogen (secondary N) is 1. The molecular formula is C8H10N6. The molecule has 0 unspecified atom stereocenters. The Morgan fingerprint density at radius 2 is 1.93 bits per heavy atom. The molecule has 6 heteroatoms. The fourth-order valence-electron chi connectivity index (χ4n) is 1.51. The second kappa shape index (κ2) is 2.34. The number of nitrogens with zero attached hydrogens (tertiary/aromatic N) is 3. The van der Waals surface area contributed by atoms with Crippen molar-refractivity contribution in [3.63, 3.8) is 0 Å². The third kappa shape index (κ3) is 1.00. The summed E-state index contributed by atoms with van der Waals surface area (Å²) in [5.41, 5.74) is 12.4. The van der Waals surface area contributed by atoms with Gasteiger partial charge < -0.3 is 16.5 Å². The first kappa shape index (κ1) is 7.54. The summed E-state index contributed by atoms with van der Waals surface area (Å²) in [7, 11) is 0. The number of fused-ring (bicyclic) bond motifs is 1. The molecule has 3 rings (SSSR count). The molecule has 0 saturated heterocycles. The Bertz CT molecular complexity index is 498. The third-order valence-corrected chi connectivity index (χ3v) is 2.37. The van der Waals surface area contributed by atoms with Crippen molar-refractivity contribution >= 4 is 22.9 Å². The van der Waals surface area contributed by atoms with E-state index in [1.165, 1.54) is 12.8 Å².